The van der Waals surface area contributed by atoms with Crippen molar-refractivity contribution < 1.29 is 4.74 Å². The summed E-state index contributed by atoms with van der Waals surface area (Å²) in [6.07, 6.45) is 0. The first-order valence-electron chi connectivity index (χ1n) is 8.29. The number of hydrogen-bond donors (Lipinski definition) is 1. The van der Waals surface area contributed by atoms with Crippen molar-refractivity contribution in [3.05, 3.63) is 48.5 Å². The molecular formula is C20H21N3OS. The van der Waals surface area contributed by atoms with Crippen LogP contribution >= 0.6 is 11.3 Å². The Morgan fingerprint density at radius 3 is 2.44 bits per heavy atom. The second kappa shape index (κ2) is 5.77. The van der Waals surface area contributed by atoms with Gasteiger partial charge in [0.05, 0.1) is 17.3 Å². The molecule has 2 aromatic heterocycles. The van der Waals surface area contributed by atoms with Crippen molar-refractivity contribution in [2.45, 2.75) is 26.3 Å². The second-order valence-corrected chi connectivity index (χ2v) is 8.11. The number of fused-ring (bicyclic) bond motifs is 3. The van der Waals surface area contributed by atoms with Crippen LogP contribution in [0.5, 0.6) is 5.75 Å². The molecular weight excluding hydrogens is 330 g/mol. The maximum Gasteiger partial charge on any atom is 0.197 e. The molecule has 0 fully saturated rings. The number of ether oxygens (including phenoxy) is 1. The molecule has 0 atom stereocenters. The molecule has 128 valence electrons. The summed E-state index contributed by atoms with van der Waals surface area (Å²) in [6, 6.07) is 16.5. The number of anilines is 1. The predicted molar refractivity (Wildman–Crippen MR) is 106 cm³/mol. The molecule has 4 rings (SSSR count). The molecule has 2 aromatic carbocycles. The van der Waals surface area contributed by atoms with Crippen molar-refractivity contribution in [3.63, 3.8) is 0 Å². The number of imidazole rings is 1. The van der Waals surface area contributed by atoms with Crippen LogP contribution in [0.1, 0.15) is 20.8 Å². The maximum atomic E-state index is 5.28. The van der Waals surface area contributed by atoms with Crippen LogP contribution < -0.4 is 10.1 Å². The Morgan fingerprint density at radius 1 is 1.04 bits per heavy atom. The van der Waals surface area contributed by atoms with E-state index in [2.05, 4.69) is 66.9 Å². The lowest BCUT2D eigenvalue weighted by Crippen LogP contribution is -2.27. The number of benzene rings is 2. The van der Waals surface area contributed by atoms with E-state index in [9.17, 15) is 0 Å². The molecule has 2 heterocycles. The molecule has 25 heavy (non-hydrogen) atoms. The average Bonchev–Trinajstić information content (AvgIpc) is 3.10. The molecule has 4 aromatic rings. The van der Waals surface area contributed by atoms with Gasteiger partial charge in [-0.1, -0.05) is 23.5 Å². The Hall–Kier alpha value is -2.53. The third kappa shape index (κ3) is 2.85. The SMILES string of the molecule is COc1ccc(-c2nc3sc4ccccc4n3c2NC(C)(C)C)cc1. The van der Waals surface area contributed by atoms with Crippen molar-refractivity contribution in [2.24, 2.45) is 0 Å². The number of nitrogens with zero attached hydrogens (tertiary/aromatic N) is 2. The minimum absolute atomic E-state index is 0.0692. The summed E-state index contributed by atoms with van der Waals surface area (Å²) in [5.74, 6) is 1.88. The summed E-state index contributed by atoms with van der Waals surface area (Å²) in [6.45, 7) is 6.50. The van der Waals surface area contributed by atoms with Crippen molar-refractivity contribution in [1.82, 2.24) is 9.38 Å². The van der Waals surface area contributed by atoms with Gasteiger partial charge >= 0.3 is 0 Å². The van der Waals surface area contributed by atoms with Gasteiger partial charge in [0.1, 0.15) is 17.3 Å². The highest BCUT2D eigenvalue weighted by Crippen LogP contribution is 2.37. The van der Waals surface area contributed by atoms with Gasteiger partial charge in [0.2, 0.25) is 0 Å². The summed E-state index contributed by atoms with van der Waals surface area (Å²) in [5, 5.41) is 3.65. The molecule has 5 heteroatoms. The van der Waals surface area contributed by atoms with Crippen molar-refractivity contribution in [2.75, 3.05) is 12.4 Å². The molecule has 0 amide bonds. The van der Waals surface area contributed by atoms with Crippen molar-refractivity contribution in [3.8, 4) is 17.0 Å². The Balaban J connectivity index is 1.97. The minimum atomic E-state index is -0.0692. The molecule has 0 saturated heterocycles. The lowest BCUT2D eigenvalue weighted by molar-refractivity contribution is 0.415. The standard InChI is InChI=1S/C20H21N3OS/c1-20(2,3)22-18-17(13-9-11-14(24-4)12-10-13)21-19-23(18)15-7-5-6-8-16(15)25-19/h5-12,22H,1-4H3. The van der Waals surface area contributed by atoms with Gasteiger partial charge in [-0.3, -0.25) is 4.40 Å². The van der Waals surface area contributed by atoms with E-state index in [-0.39, 0.29) is 5.54 Å². The zero-order valence-corrected chi connectivity index (χ0v) is 15.6. The number of aromatic nitrogens is 2. The highest BCUT2D eigenvalue weighted by Gasteiger charge is 2.22. The third-order valence-corrected chi connectivity index (χ3v) is 5.03. The first-order valence-corrected chi connectivity index (χ1v) is 9.10. The topological polar surface area (TPSA) is 38.6 Å². The molecule has 0 radical (unpaired) electrons. The van der Waals surface area contributed by atoms with Crippen LogP contribution in [0.2, 0.25) is 0 Å². The van der Waals surface area contributed by atoms with E-state index in [1.807, 2.05) is 12.1 Å². The molecule has 4 nitrogen and oxygen atoms in total. The molecule has 0 unspecified atom stereocenters. The average molecular weight is 351 g/mol. The molecule has 1 N–H and O–H groups in total. The fraction of sp³-hybridized carbons (Fsp3) is 0.250. The lowest BCUT2D eigenvalue weighted by atomic mass is 10.1. The third-order valence-electron chi connectivity index (χ3n) is 4.01. The Kier molecular flexibility index (Phi) is 3.69. The monoisotopic (exact) mass is 351 g/mol. The highest BCUT2D eigenvalue weighted by molar-refractivity contribution is 7.23. The van der Waals surface area contributed by atoms with Crippen LogP contribution in [0.4, 0.5) is 5.82 Å². The molecule has 0 aliphatic carbocycles. The quantitative estimate of drug-likeness (QED) is 0.534. The number of para-hydroxylation sites is 1. The van der Waals surface area contributed by atoms with E-state index in [0.717, 1.165) is 27.8 Å². The number of methoxy groups -OCH3 is 1. The summed E-state index contributed by atoms with van der Waals surface area (Å²) in [5.41, 5.74) is 3.16. The van der Waals surface area contributed by atoms with Gasteiger partial charge < -0.3 is 10.1 Å². The number of rotatable bonds is 3. The zero-order chi connectivity index (χ0) is 17.6. The molecule has 0 spiro atoms. The van der Waals surface area contributed by atoms with Gasteiger partial charge in [-0.05, 0) is 57.2 Å². The van der Waals surface area contributed by atoms with Crippen molar-refractivity contribution in [1.29, 1.82) is 0 Å². The summed E-state index contributed by atoms with van der Waals surface area (Å²) >= 11 is 1.71. The second-order valence-electron chi connectivity index (χ2n) is 7.10. The zero-order valence-electron chi connectivity index (χ0n) is 14.8. The van der Waals surface area contributed by atoms with E-state index in [1.165, 1.54) is 10.2 Å². The highest BCUT2D eigenvalue weighted by atomic mass is 32.1. The van der Waals surface area contributed by atoms with E-state index in [1.54, 1.807) is 18.4 Å². The lowest BCUT2D eigenvalue weighted by Gasteiger charge is -2.22. The molecule has 0 bridgehead atoms. The van der Waals surface area contributed by atoms with E-state index in [0.29, 0.717) is 0 Å². The Labute approximate surface area is 151 Å². The fourth-order valence-electron chi connectivity index (χ4n) is 2.94. The van der Waals surface area contributed by atoms with Gasteiger partial charge in [0, 0.05) is 11.1 Å². The van der Waals surface area contributed by atoms with Crippen molar-refractivity contribution >= 4 is 32.3 Å². The smallest absolute Gasteiger partial charge is 0.197 e. The van der Waals surface area contributed by atoms with Gasteiger partial charge in [0.25, 0.3) is 0 Å². The van der Waals surface area contributed by atoms with Crippen LogP contribution in [0, 0.1) is 0 Å². The first kappa shape index (κ1) is 16.0. The molecule has 0 aliphatic rings. The Bertz CT molecular complexity index is 1040. The molecule has 0 aliphatic heterocycles. The molecule has 0 saturated carbocycles. The number of nitrogens with one attached hydrogen (secondary N) is 1. The van der Waals surface area contributed by atoms with Crippen LogP contribution in [0.15, 0.2) is 48.5 Å². The maximum absolute atomic E-state index is 5.28. The van der Waals surface area contributed by atoms with E-state index in [4.69, 9.17) is 9.72 Å². The predicted octanol–water partition coefficient (Wildman–Crippen LogP) is 5.44. The summed E-state index contributed by atoms with van der Waals surface area (Å²) < 4.78 is 8.74. The van der Waals surface area contributed by atoms with E-state index < -0.39 is 0 Å². The van der Waals surface area contributed by atoms with E-state index >= 15 is 0 Å². The normalized spacial score (nSPS) is 12.0. The van der Waals surface area contributed by atoms with Crippen LogP contribution in [-0.4, -0.2) is 22.0 Å². The van der Waals surface area contributed by atoms with Gasteiger partial charge in [-0.2, -0.15) is 0 Å². The van der Waals surface area contributed by atoms with Crippen LogP contribution in [0.3, 0.4) is 0 Å². The van der Waals surface area contributed by atoms with Crippen LogP contribution in [0.25, 0.3) is 26.4 Å². The van der Waals surface area contributed by atoms with Gasteiger partial charge in [0.15, 0.2) is 4.96 Å². The summed E-state index contributed by atoms with van der Waals surface area (Å²) in [4.78, 5) is 5.94. The van der Waals surface area contributed by atoms with Gasteiger partial charge in [-0.15, -0.1) is 0 Å². The summed E-state index contributed by atoms with van der Waals surface area (Å²) in [7, 11) is 1.68. The Morgan fingerprint density at radius 2 is 1.76 bits per heavy atom. The number of thiazole rings is 1. The van der Waals surface area contributed by atoms with Crippen LogP contribution in [-0.2, 0) is 0 Å². The fourth-order valence-corrected chi connectivity index (χ4v) is 3.96. The number of hydrogen-bond acceptors (Lipinski definition) is 4. The van der Waals surface area contributed by atoms with Gasteiger partial charge in [-0.25, -0.2) is 4.98 Å². The largest absolute Gasteiger partial charge is 0.497 e. The minimum Gasteiger partial charge on any atom is -0.497 e. The first-order chi connectivity index (χ1) is 12.0.